The van der Waals surface area contributed by atoms with E-state index in [4.69, 9.17) is 4.18 Å². The monoisotopic (exact) mass is 239 g/mol. The first-order valence-corrected chi connectivity index (χ1v) is 6.45. The summed E-state index contributed by atoms with van der Waals surface area (Å²) in [6.07, 6.45) is -0.0166. The smallest absolute Gasteiger partial charge is 0.238 e. The molecule has 0 saturated carbocycles. The maximum atomic E-state index is 11.8. The van der Waals surface area contributed by atoms with Crippen LogP contribution in [0.4, 0.5) is 0 Å². The van der Waals surface area contributed by atoms with Gasteiger partial charge in [0.2, 0.25) is 11.3 Å². The third kappa shape index (κ3) is 2.05. The lowest BCUT2D eigenvalue weighted by atomic mass is 9.98. The van der Waals surface area contributed by atoms with E-state index in [2.05, 4.69) is 13.8 Å². The highest BCUT2D eigenvalue weighted by atomic mass is 32.2. The second kappa shape index (κ2) is 4.28. The van der Waals surface area contributed by atoms with E-state index in [9.17, 15) is 4.21 Å². The van der Waals surface area contributed by atoms with Gasteiger partial charge in [0.1, 0.15) is 0 Å². The molecule has 2 rings (SSSR count). The molecule has 0 amide bonds. The zero-order valence-corrected chi connectivity index (χ0v) is 10.7. The Labute approximate surface area is 99.2 Å². The molecule has 0 aliphatic carbocycles. The topological polar surface area (TPSA) is 29.5 Å². The third-order valence-corrected chi connectivity index (χ3v) is 4.63. The van der Waals surface area contributed by atoms with Crippen molar-refractivity contribution in [3.8, 4) is 0 Å². The van der Waals surface area contributed by atoms with E-state index in [1.165, 1.54) is 0 Å². The Kier molecular flexibility index (Phi) is 3.15. The molecule has 88 valence electrons. The van der Waals surface area contributed by atoms with Crippen LogP contribution in [-0.2, 0) is 22.0 Å². The maximum Gasteiger partial charge on any atom is 0.238 e. The summed E-state index contributed by atoms with van der Waals surface area (Å²) in [6.45, 7) is 6.74. The zero-order chi connectivity index (χ0) is 11.8. The highest BCUT2D eigenvalue weighted by Crippen LogP contribution is 2.32. The summed E-state index contributed by atoms with van der Waals surface area (Å²) < 4.78 is 19.1. The van der Waals surface area contributed by atoms with Gasteiger partial charge >= 0.3 is 0 Å². The lowest BCUT2D eigenvalue weighted by molar-refractivity contribution is 0.142. The van der Waals surface area contributed by atoms with Crippen LogP contribution in [0.5, 0.6) is 0 Å². The first kappa shape index (κ1) is 11.8. The van der Waals surface area contributed by atoms with Gasteiger partial charge in [-0.05, 0) is 26.3 Å². The van der Waals surface area contributed by atoms with Gasteiger partial charge in [-0.25, -0.2) is 4.21 Å². The van der Waals surface area contributed by atoms with Crippen LogP contribution in [0.15, 0.2) is 30.3 Å². The molecular formula is C12H17NO2S. The minimum Gasteiger partial charge on any atom is -0.273 e. The average molecular weight is 239 g/mol. The molecule has 16 heavy (non-hydrogen) atoms. The van der Waals surface area contributed by atoms with E-state index >= 15 is 0 Å². The molecule has 1 heterocycles. The first-order chi connectivity index (χ1) is 7.51. The van der Waals surface area contributed by atoms with Gasteiger partial charge in [-0.2, -0.15) is 4.31 Å². The predicted molar refractivity (Wildman–Crippen MR) is 64.8 cm³/mol. The van der Waals surface area contributed by atoms with Crippen molar-refractivity contribution in [3.63, 3.8) is 0 Å². The summed E-state index contributed by atoms with van der Waals surface area (Å²) in [7, 11) is 0. The Morgan fingerprint density at radius 1 is 1.38 bits per heavy atom. The molecule has 1 aliphatic heterocycles. The molecule has 1 aromatic rings. The van der Waals surface area contributed by atoms with Crippen LogP contribution >= 0.6 is 0 Å². The standard InChI is InChI=1S/C12H17NO2S/c1-10-12(2,3)13(16(14)15-10)9-11-7-5-4-6-8-11/h4-8,10H,9H2,1-3H3. The molecule has 3 nitrogen and oxygen atoms in total. The number of rotatable bonds is 2. The Morgan fingerprint density at radius 3 is 2.50 bits per heavy atom. The van der Waals surface area contributed by atoms with Crippen LogP contribution in [0.1, 0.15) is 26.3 Å². The van der Waals surface area contributed by atoms with Crippen LogP contribution in [0.25, 0.3) is 0 Å². The number of benzene rings is 1. The van der Waals surface area contributed by atoms with Crippen LogP contribution in [0, 0.1) is 0 Å². The van der Waals surface area contributed by atoms with E-state index in [1.54, 1.807) is 0 Å². The summed E-state index contributed by atoms with van der Waals surface area (Å²) in [5, 5.41) is 0. The molecule has 0 spiro atoms. The van der Waals surface area contributed by atoms with Gasteiger partial charge in [-0.15, -0.1) is 0 Å². The van der Waals surface area contributed by atoms with Gasteiger partial charge in [-0.3, -0.25) is 4.18 Å². The van der Waals surface area contributed by atoms with Crippen molar-refractivity contribution in [1.82, 2.24) is 4.31 Å². The molecule has 4 heteroatoms. The Balaban J connectivity index is 2.19. The molecule has 1 aromatic carbocycles. The Hall–Kier alpha value is -0.710. The van der Waals surface area contributed by atoms with Gasteiger partial charge in [0.25, 0.3) is 0 Å². The largest absolute Gasteiger partial charge is 0.273 e. The molecule has 2 unspecified atom stereocenters. The SMILES string of the molecule is CC1OS(=O)N(Cc2ccccc2)C1(C)C. The number of hydrogen-bond acceptors (Lipinski definition) is 2. The average Bonchev–Trinajstić information content (AvgIpc) is 2.43. The first-order valence-electron chi connectivity index (χ1n) is 5.42. The fourth-order valence-electron chi connectivity index (χ4n) is 1.69. The molecule has 0 radical (unpaired) electrons. The maximum absolute atomic E-state index is 11.8. The Morgan fingerprint density at radius 2 is 2.00 bits per heavy atom. The molecule has 1 aliphatic rings. The fraction of sp³-hybridized carbons (Fsp3) is 0.500. The van der Waals surface area contributed by atoms with Gasteiger partial charge < -0.3 is 0 Å². The van der Waals surface area contributed by atoms with E-state index in [1.807, 2.05) is 41.6 Å². The van der Waals surface area contributed by atoms with Crippen LogP contribution < -0.4 is 0 Å². The van der Waals surface area contributed by atoms with E-state index < -0.39 is 11.3 Å². The number of nitrogens with zero attached hydrogens (tertiary/aromatic N) is 1. The minimum atomic E-state index is -1.33. The molecular weight excluding hydrogens is 222 g/mol. The minimum absolute atomic E-state index is 0.0166. The summed E-state index contributed by atoms with van der Waals surface area (Å²) >= 11 is -1.33. The van der Waals surface area contributed by atoms with Crippen molar-refractivity contribution in [3.05, 3.63) is 35.9 Å². The second-order valence-electron chi connectivity index (χ2n) is 4.63. The quantitative estimate of drug-likeness (QED) is 0.792. The van der Waals surface area contributed by atoms with Crippen molar-refractivity contribution < 1.29 is 8.39 Å². The molecule has 0 bridgehead atoms. The molecule has 0 aromatic heterocycles. The Bertz CT molecular complexity index is 391. The van der Waals surface area contributed by atoms with Crippen LogP contribution in [0.2, 0.25) is 0 Å². The van der Waals surface area contributed by atoms with E-state index in [0.29, 0.717) is 6.54 Å². The van der Waals surface area contributed by atoms with E-state index in [0.717, 1.165) is 5.56 Å². The van der Waals surface area contributed by atoms with Gasteiger partial charge in [-0.1, -0.05) is 30.3 Å². The van der Waals surface area contributed by atoms with Crippen LogP contribution in [0.3, 0.4) is 0 Å². The van der Waals surface area contributed by atoms with Gasteiger partial charge in [0.05, 0.1) is 11.6 Å². The lowest BCUT2D eigenvalue weighted by Crippen LogP contribution is -2.43. The second-order valence-corrected chi connectivity index (χ2v) is 5.70. The zero-order valence-electron chi connectivity index (χ0n) is 9.84. The van der Waals surface area contributed by atoms with Crippen molar-refractivity contribution in [2.75, 3.05) is 0 Å². The highest BCUT2D eigenvalue weighted by Gasteiger charge is 2.45. The predicted octanol–water partition coefficient (Wildman–Crippen LogP) is 2.26. The molecule has 1 fully saturated rings. The van der Waals surface area contributed by atoms with Crippen molar-refractivity contribution >= 4 is 11.3 Å². The van der Waals surface area contributed by atoms with Crippen molar-refractivity contribution in [2.45, 2.75) is 39.0 Å². The van der Waals surface area contributed by atoms with Crippen molar-refractivity contribution in [2.24, 2.45) is 0 Å². The summed E-state index contributed by atoms with van der Waals surface area (Å²) in [5.74, 6) is 0. The fourth-order valence-corrected chi connectivity index (χ4v) is 3.07. The molecule has 0 N–H and O–H groups in total. The third-order valence-electron chi connectivity index (χ3n) is 3.21. The van der Waals surface area contributed by atoms with E-state index in [-0.39, 0.29) is 11.6 Å². The molecule has 1 saturated heterocycles. The van der Waals surface area contributed by atoms with Crippen molar-refractivity contribution in [1.29, 1.82) is 0 Å². The normalized spacial score (nSPS) is 29.4. The molecule has 2 atom stereocenters. The lowest BCUT2D eigenvalue weighted by Gasteiger charge is -2.29. The van der Waals surface area contributed by atoms with Gasteiger partial charge in [0.15, 0.2) is 0 Å². The summed E-state index contributed by atoms with van der Waals surface area (Å²) in [5.41, 5.74) is 0.961. The van der Waals surface area contributed by atoms with Gasteiger partial charge in [0, 0.05) is 6.54 Å². The summed E-state index contributed by atoms with van der Waals surface area (Å²) in [4.78, 5) is 0. The van der Waals surface area contributed by atoms with Crippen LogP contribution in [-0.4, -0.2) is 20.2 Å². The highest BCUT2D eigenvalue weighted by molar-refractivity contribution is 7.78. The number of hydrogen-bond donors (Lipinski definition) is 0. The summed E-state index contributed by atoms with van der Waals surface area (Å²) in [6, 6.07) is 10.0.